The van der Waals surface area contributed by atoms with Crippen molar-refractivity contribution < 1.29 is 9.59 Å². The Morgan fingerprint density at radius 3 is 2.91 bits per heavy atom. The van der Waals surface area contributed by atoms with Gasteiger partial charge in [0.15, 0.2) is 5.17 Å². The van der Waals surface area contributed by atoms with Gasteiger partial charge in [0, 0.05) is 23.7 Å². The maximum absolute atomic E-state index is 12.2. The van der Waals surface area contributed by atoms with Gasteiger partial charge in [-0.25, -0.2) is 0 Å². The second-order valence-electron chi connectivity index (χ2n) is 5.80. The summed E-state index contributed by atoms with van der Waals surface area (Å²) in [6.07, 6.45) is 0.100. The molecule has 1 unspecified atom stereocenters. The molecule has 1 aliphatic heterocycles. The summed E-state index contributed by atoms with van der Waals surface area (Å²) in [5.41, 5.74) is 1.48. The van der Waals surface area contributed by atoms with Crippen LogP contribution in [-0.2, 0) is 9.59 Å². The minimum absolute atomic E-state index is 0.100. The highest BCUT2D eigenvalue weighted by Crippen LogP contribution is 2.25. The Morgan fingerprint density at radius 2 is 2.22 bits per heavy atom. The van der Waals surface area contributed by atoms with Crippen LogP contribution in [0, 0.1) is 12.8 Å². The molecule has 1 aromatic rings. The van der Waals surface area contributed by atoms with Crippen molar-refractivity contribution >= 4 is 46.0 Å². The van der Waals surface area contributed by atoms with Gasteiger partial charge in [0.05, 0.1) is 0 Å². The zero-order valence-electron chi connectivity index (χ0n) is 13.4. The summed E-state index contributed by atoms with van der Waals surface area (Å²) in [7, 11) is 0. The third-order valence-electron chi connectivity index (χ3n) is 3.29. The first-order valence-corrected chi connectivity index (χ1v) is 8.69. The first-order valence-electron chi connectivity index (χ1n) is 7.43. The number of aliphatic imine (C=N–C) groups is 1. The predicted octanol–water partition coefficient (Wildman–Crippen LogP) is 3.22. The highest BCUT2D eigenvalue weighted by Gasteiger charge is 2.32. The summed E-state index contributed by atoms with van der Waals surface area (Å²) in [6.45, 7) is 6.61. The van der Waals surface area contributed by atoms with Gasteiger partial charge in [-0.2, -0.15) is 0 Å². The quantitative estimate of drug-likeness (QED) is 0.853. The van der Waals surface area contributed by atoms with Crippen LogP contribution >= 0.6 is 23.4 Å². The maximum Gasteiger partial charge on any atom is 0.240 e. The van der Waals surface area contributed by atoms with E-state index in [4.69, 9.17) is 11.6 Å². The van der Waals surface area contributed by atoms with Crippen molar-refractivity contribution in [2.75, 3.05) is 11.9 Å². The molecule has 23 heavy (non-hydrogen) atoms. The Hall–Kier alpha value is -1.53. The summed E-state index contributed by atoms with van der Waals surface area (Å²) < 4.78 is 0. The number of amides is 2. The van der Waals surface area contributed by atoms with E-state index in [9.17, 15) is 9.59 Å². The molecule has 0 spiro atoms. The molecule has 1 heterocycles. The van der Waals surface area contributed by atoms with E-state index in [0.29, 0.717) is 28.3 Å². The van der Waals surface area contributed by atoms with Crippen molar-refractivity contribution in [3.63, 3.8) is 0 Å². The monoisotopic (exact) mass is 353 g/mol. The summed E-state index contributed by atoms with van der Waals surface area (Å²) in [6, 6.07) is 5.33. The normalized spacial score (nSPS) is 19.3. The van der Waals surface area contributed by atoms with Crippen molar-refractivity contribution in [3.05, 3.63) is 28.8 Å². The van der Waals surface area contributed by atoms with Crippen LogP contribution in [0.4, 0.5) is 5.69 Å². The number of nitrogens with one attached hydrogen (secondary N) is 2. The van der Waals surface area contributed by atoms with Gasteiger partial charge in [0.1, 0.15) is 5.25 Å². The van der Waals surface area contributed by atoms with E-state index in [1.54, 1.807) is 18.2 Å². The largest absolute Gasteiger partial charge is 0.326 e. The predicted molar refractivity (Wildman–Crippen MR) is 96.1 cm³/mol. The number of anilines is 1. The fraction of sp³-hybridized carbons (Fsp3) is 0.438. The maximum atomic E-state index is 12.2. The number of nitrogens with zero attached hydrogens (tertiary/aromatic N) is 1. The molecule has 1 fully saturated rings. The Labute approximate surface area is 145 Å². The van der Waals surface area contributed by atoms with E-state index >= 15 is 0 Å². The van der Waals surface area contributed by atoms with Gasteiger partial charge in [-0.15, -0.1) is 0 Å². The zero-order chi connectivity index (χ0) is 17.0. The molecule has 1 aliphatic rings. The van der Waals surface area contributed by atoms with Crippen LogP contribution in [0.1, 0.15) is 25.8 Å². The Bertz CT molecular complexity index is 646. The lowest BCUT2D eigenvalue weighted by Gasteiger charge is -2.10. The first-order chi connectivity index (χ1) is 10.9. The van der Waals surface area contributed by atoms with Gasteiger partial charge in [-0.1, -0.05) is 43.3 Å². The first kappa shape index (κ1) is 17.8. The number of benzene rings is 1. The summed E-state index contributed by atoms with van der Waals surface area (Å²) in [5.74, 6) is 0.0387. The second kappa shape index (κ2) is 7.84. The number of thioether (sulfide) groups is 1. The van der Waals surface area contributed by atoms with Gasteiger partial charge in [-0.3, -0.25) is 14.6 Å². The molecule has 2 N–H and O–H groups in total. The van der Waals surface area contributed by atoms with Crippen molar-refractivity contribution in [2.45, 2.75) is 32.4 Å². The lowest BCUT2D eigenvalue weighted by atomic mass is 10.2. The number of hydrogen-bond donors (Lipinski definition) is 2. The van der Waals surface area contributed by atoms with Crippen LogP contribution < -0.4 is 10.6 Å². The number of carbonyl (C=O) groups is 2. The minimum atomic E-state index is -0.444. The van der Waals surface area contributed by atoms with Gasteiger partial charge in [0.25, 0.3) is 0 Å². The summed E-state index contributed by atoms with van der Waals surface area (Å²) in [4.78, 5) is 28.4. The van der Waals surface area contributed by atoms with Gasteiger partial charge >= 0.3 is 0 Å². The molecule has 7 heteroatoms. The van der Waals surface area contributed by atoms with Crippen molar-refractivity contribution in [1.82, 2.24) is 5.32 Å². The summed E-state index contributed by atoms with van der Waals surface area (Å²) in [5, 5.41) is 6.28. The van der Waals surface area contributed by atoms with Gasteiger partial charge < -0.3 is 10.6 Å². The van der Waals surface area contributed by atoms with Crippen LogP contribution in [0.2, 0.25) is 5.02 Å². The highest BCUT2D eigenvalue weighted by atomic mass is 35.5. The van der Waals surface area contributed by atoms with Gasteiger partial charge in [-0.05, 0) is 30.5 Å². The molecule has 5 nitrogen and oxygen atoms in total. The topological polar surface area (TPSA) is 70.6 Å². The smallest absolute Gasteiger partial charge is 0.240 e. The SMILES string of the molecule is Cc1c(Cl)cccc1NC(=O)CC1SC(=NCC(C)C)NC1=O. The number of carbonyl (C=O) groups excluding carboxylic acids is 2. The molecule has 0 bridgehead atoms. The van der Waals surface area contributed by atoms with Crippen molar-refractivity contribution in [1.29, 1.82) is 0 Å². The molecule has 1 saturated heterocycles. The number of halogens is 1. The number of rotatable bonds is 5. The highest BCUT2D eigenvalue weighted by molar-refractivity contribution is 8.15. The minimum Gasteiger partial charge on any atom is -0.326 e. The average Bonchev–Trinajstić information content (AvgIpc) is 2.82. The second-order valence-corrected chi connectivity index (χ2v) is 7.40. The van der Waals surface area contributed by atoms with Crippen LogP contribution in [0.25, 0.3) is 0 Å². The van der Waals surface area contributed by atoms with Crippen LogP contribution in [-0.4, -0.2) is 28.8 Å². The van der Waals surface area contributed by atoms with E-state index in [0.717, 1.165) is 5.56 Å². The van der Waals surface area contributed by atoms with E-state index in [-0.39, 0.29) is 18.2 Å². The fourth-order valence-electron chi connectivity index (χ4n) is 1.99. The van der Waals surface area contributed by atoms with Crippen molar-refractivity contribution in [3.8, 4) is 0 Å². The molecule has 2 rings (SSSR count). The van der Waals surface area contributed by atoms with E-state index in [1.807, 2.05) is 6.92 Å². The Balaban J connectivity index is 1.94. The number of hydrogen-bond acceptors (Lipinski definition) is 4. The van der Waals surface area contributed by atoms with Crippen LogP contribution in [0.5, 0.6) is 0 Å². The van der Waals surface area contributed by atoms with Gasteiger partial charge in [0.2, 0.25) is 11.8 Å². The molecule has 0 aliphatic carbocycles. The fourth-order valence-corrected chi connectivity index (χ4v) is 3.15. The summed E-state index contributed by atoms with van der Waals surface area (Å²) >= 11 is 7.34. The molecular formula is C16H20ClN3O2S. The molecule has 1 atom stereocenters. The lowest BCUT2D eigenvalue weighted by molar-refractivity contribution is -0.122. The van der Waals surface area contributed by atoms with E-state index in [1.165, 1.54) is 11.8 Å². The van der Waals surface area contributed by atoms with E-state index in [2.05, 4.69) is 29.5 Å². The Kier molecular flexibility index (Phi) is 6.07. The Morgan fingerprint density at radius 1 is 1.48 bits per heavy atom. The van der Waals surface area contributed by atoms with Crippen molar-refractivity contribution in [2.24, 2.45) is 10.9 Å². The molecule has 1 aromatic carbocycles. The molecular weight excluding hydrogens is 334 g/mol. The number of amidine groups is 1. The average molecular weight is 354 g/mol. The molecule has 124 valence electrons. The third kappa shape index (κ3) is 4.97. The molecule has 0 aromatic heterocycles. The van der Waals surface area contributed by atoms with E-state index < -0.39 is 5.25 Å². The molecule has 0 radical (unpaired) electrons. The molecule has 2 amide bonds. The van der Waals surface area contributed by atoms with Crippen LogP contribution in [0.3, 0.4) is 0 Å². The zero-order valence-corrected chi connectivity index (χ0v) is 14.9. The van der Waals surface area contributed by atoms with Crippen LogP contribution in [0.15, 0.2) is 23.2 Å². The standard InChI is InChI=1S/C16H20ClN3O2S/c1-9(2)8-18-16-20-15(22)13(23-16)7-14(21)19-12-6-4-5-11(17)10(12)3/h4-6,9,13H,7-8H2,1-3H3,(H,19,21)(H,18,20,22). The molecule has 0 saturated carbocycles. The lowest BCUT2D eigenvalue weighted by Crippen LogP contribution is -2.28. The third-order valence-corrected chi connectivity index (χ3v) is 4.82.